The van der Waals surface area contributed by atoms with Gasteiger partial charge in [-0.05, 0) is 107 Å². The largest absolute Gasteiger partial charge is 0.465 e. The molecule has 2 aromatic carbocycles. The Bertz CT molecular complexity index is 2590. The van der Waals surface area contributed by atoms with E-state index in [9.17, 15) is 4.79 Å². The van der Waals surface area contributed by atoms with Crippen molar-refractivity contribution in [3.05, 3.63) is 70.7 Å². The summed E-state index contributed by atoms with van der Waals surface area (Å²) in [6.07, 6.45) is 8.91. The molecule has 8 heteroatoms. The molecule has 53 heavy (non-hydrogen) atoms. The van der Waals surface area contributed by atoms with Gasteiger partial charge in [0.1, 0.15) is 17.6 Å². The molecule has 1 N–H and O–H groups in total. The van der Waals surface area contributed by atoms with Crippen LogP contribution in [0.1, 0.15) is 73.5 Å². The Balaban J connectivity index is 1.49. The zero-order valence-corrected chi connectivity index (χ0v) is 30.1. The molecular formula is C45H32N4O4. The highest BCUT2D eigenvalue weighted by Gasteiger charge is 2.24. The monoisotopic (exact) mass is 692 g/mol. The lowest BCUT2D eigenvalue weighted by Crippen LogP contribution is -2.13. The lowest BCUT2D eigenvalue weighted by molar-refractivity contribution is 0.0600. The first-order valence-corrected chi connectivity index (χ1v) is 16.2. The Morgan fingerprint density at radius 1 is 0.849 bits per heavy atom. The van der Waals surface area contributed by atoms with Crippen molar-refractivity contribution in [1.29, 1.82) is 0 Å². The van der Waals surface area contributed by atoms with Crippen molar-refractivity contribution in [1.82, 2.24) is 19.8 Å². The molecule has 0 aliphatic heterocycles. The van der Waals surface area contributed by atoms with Gasteiger partial charge in [0, 0.05) is 53.3 Å². The number of fused-ring (bicyclic) bond motifs is 1. The fourth-order valence-electron chi connectivity index (χ4n) is 4.71. The number of aromatic amines is 1. The summed E-state index contributed by atoms with van der Waals surface area (Å²) in [4.78, 5) is 11.8. The molecule has 0 radical (unpaired) electrons. The fraction of sp³-hybridized carbons (Fsp3) is 0.222. The van der Waals surface area contributed by atoms with Crippen molar-refractivity contribution in [2.24, 2.45) is 0 Å². The average Bonchev–Trinajstić information content (AvgIpc) is 3.72. The quantitative estimate of drug-likeness (QED) is 0.185. The molecule has 0 aliphatic rings. The maximum absolute atomic E-state index is 11.8. The van der Waals surface area contributed by atoms with Crippen LogP contribution < -0.4 is 9.47 Å². The summed E-state index contributed by atoms with van der Waals surface area (Å²) in [7, 11) is 1.34. The second-order valence-corrected chi connectivity index (χ2v) is 12.0. The standard InChI is InChI=1S/C45H32N4O4/c1-8-10-11-12-13-14-15-16-17-18-19-20-21-22-23-24-31-52-40-30-27-37(45(4,5)6)33-36(40)32-34(3)42-46-47-43-41(39(9-2)48-49(42)43)53-38-28-25-35(26-29-38)44(50)51-7/h1,25-30,33-34,48H,9,32H2,2-7H3. The van der Waals surface area contributed by atoms with Crippen LogP contribution in [0.3, 0.4) is 0 Å². The second kappa shape index (κ2) is 18.8. The molecule has 0 saturated heterocycles. The van der Waals surface area contributed by atoms with Crippen LogP contribution in [0.4, 0.5) is 0 Å². The molecule has 0 fully saturated rings. The minimum atomic E-state index is -0.417. The van der Waals surface area contributed by atoms with Crippen LogP contribution in [0, 0.1) is 107 Å². The lowest BCUT2D eigenvalue weighted by atomic mass is 9.85. The Kier molecular flexibility index (Phi) is 13.5. The minimum Gasteiger partial charge on any atom is -0.465 e. The van der Waals surface area contributed by atoms with Gasteiger partial charge in [0.05, 0.1) is 18.4 Å². The number of nitrogens with zero attached hydrogens (tertiary/aromatic N) is 3. The Morgan fingerprint density at radius 3 is 1.98 bits per heavy atom. The van der Waals surface area contributed by atoms with Crippen LogP contribution in [-0.2, 0) is 23.0 Å². The molecular weight excluding hydrogens is 661 g/mol. The molecule has 8 nitrogen and oxygen atoms in total. The number of aromatic nitrogens is 4. The van der Waals surface area contributed by atoms with Gasteiger partial charge in [-0.15, -0.1) is 16.6 Å². The van der Waals surface area contributed by atoms with Crippen LogP contribution in [0.15, 0.2) is 42.5 Å². The molecule has 1 atom stereocenters. The number of nitrogens with one attached hydrogen (secondary N) is 1. The number of ether oxygens (including phenoxy) is 3. The summed E-state index contributed by atoms with van der Waals surface area (Å²) in [5, 5.41) is 12.4. The number of carbonyl (C=O) groups is 1. The van der Waals surface area contributed by atoms with E-state index < -0.39 is 5.97 Å². The van der Waals surface area contributed by atoms with Gasteiger partial charge < -0.3 is 14.2 Å². The maximum atomic E-state index is 11.8. The molecule has 2 aromatic heterocycles. The van der Waals surface area contributed by atoms with Gasteiger partial charge in [-0.2, -0.15) is 0 Å². The Hall–Kier alpha value is -7.77. The van der Waals surface area contributed by atoms with Gasteiger partial charge in [0.15, 0.2) is 11.6 Å². The number of esters is 1. The molecule has 4 aromatic rings. The molecule has 0 bridgehead atoms. The van der Waals surface area contributed by atoms with Crippen LogP contribution >= 0.6 is 0 Å². The van der Waals surface area contributed by atoms with E-state index in [1.807, 2.05) is 23.6 Å². The first-order chi connectivity index (χ1) is 25.7. The van der Waals surface area contributed by atoms with Gasteiger partial charge in [-0.1, -0.05) is 46.8 Å². The van der Waals surface area contributed by atoms with Crippen LogP contribution in [0.5, 0.6) is 17.2 Å². The second-order valence-electron chi connectivity index (χ2n) is 12.0. The molecule has 0 spiro atoms. The molecule has 4 rings (SSSR count). The van der Waals surface area contributed by atoms with Gasteiger partial charge in [-0.25, -0.2) is 9.31 Å². The third-order valence-electron chi connectivity index (χ3n) is 7.31. The van der Waals surface area contributed by atoms with Crippen molar-refractivity contribution in [2.75, 3.05) is 7.11 Å². The first kappa shape index (κ1) is 38.0. The van der Waals surface area contributed by atoms with E-state index in [0.29, 0.717) is 41.3 Å². The molecule has 0 saturated carbocycles. The van der Waals surface area contributed by atoms with E-state index in [1.165, 1.54) is 7.11 Å². The summed E-state index contributed by atoms with van der Waals surface area (Å²) in [6.45, 7) is 10.6. The van der Waals surface area contributed by atoms with Crippen LogP contribution in [-0.4, -0.2) is 32.9 Å². The van der Waals surface area contributed by atoms with Crippen molar-refractivity contribution >= 4 is 11.6 Å². The third kappa shape index (κ3) is 10.9. The van der Waals surface area contributed by atoms with E-state index >= 15 is 0 Å². The fourth-order valence-corrected chi connectivity index (χ4v) is 4.71. The average molecular weight is 693 g/mol. The number of hydrogen-bond acceptors (Lipinski definition) is 6. The predicted octanol–water partition coefficient (Wildman–Crippen LogP) is 5.84. The maximum Gasteiger partial charge on any atom is 0.337 e. The number of H-pyrrole nitrogens is 1. The highest BCUT2D eigenvalue weighted by molar-refractivity contribution is 5.89. The Labute approximate surface area is 310 Å². The summed E-state index contributed by atoms with van der Waals surface area (Å²) < 4.78 is 18.8. The lowest BCUT2D eigenvalue weighted by Gasteiger charge is -2.21. The number of terminal acetylenes is 1. The Morgan fingerprint density at radius 2 is 1.43 bits per heavy atom. The van der Waals surface area contributed by atoms with E-state index in [0.717, 1.165) is 22.6 Å². The molecule has 2 heterocycles. The smallest absolute Gasteiger partial charge is 0.337 e. The number of hydrogen-bond donors (Lipinski definition) is 1. The SMILES string of the molecule is C#CC#CC#CC#CC#CC#CC#CC#CC#COc1ccc(C(C)(C)C)cc1CC(C)c1nnc2c(Oc3ccc(C(=O)OC)cc3)c(CC)[nH]n12. The van der Waals surface area contributed by atoms with E-state index in [4.69, 9.17) is 20.6 Å². The predicted molar refractivity (Wildman–Crippen MR) is 204 cm³/mol. The van der Waals surface area contributed by atoms with E-state index in [1.54, 1.807) is 24.3 Å². The minimum absolute atomic E-state index is 0.0771. The van der Waals surface area contributed by atoms with Crippen molar-refractivity contribution in [3.8, 4) is 125 Å². The molecule has 0 amide bonds. The number of aryl methyl sites for hydroxylation is 1. The van der Waals surface area contributed by atoms with Gasteiger partial charge in [0.2, 0.25) is 5.65 Å². The molecule has 0 aliphatic carbocycles. The van der Waals surface area contributed by atoms with Crippen molar-refractivity contribution in [3.63, 3.8) is 0 Å². The molecule has 1 unspecified atom stereocenters. The van der Waals surface area contributed by atoms with Gasteiger partial charge in [-0.3, -0.25) is 5.10 Å². The highest BCUT2D eigenvalue weighted by Crippen LogP contribution is 2.34. The topological polar surface area (TPSA) is 90.7 Å². The van der Waals surface area contributed by atoms with E-state index in [2.05, 4.69) is 150 Å². The van der Waals surface area contributed by atoms with Crippen molar-refractivity contribution < 1.29 is 19.0 Å². The number of carbonyl (C=O) groups excluding carboxylic acids is 1. The summed E-state index contributed by atoms with van der Waals surface area (Å²) in [5.41, 5.74) is 3.88. The zero-order chi connectivity index (χ0) is 38.1. The van der Waals surface area contributed by atoms with Crippen LogP contribution in [0.25, 0.3) is 5.65 Å². The first-order valence-electron chi connectivity index (χ1n) is 16.2. The number of methoxy groups -OCH3 is 1. The summed E-state index contributed by atoms with van der Waals surface area (Å²) in [5.74, 6) is 42.2. The third-order valence-corrected chi connectivity index (χ3v) is 7.31. The summed E-state index contributed by atoms with van der Waals surface area (Å²) >= 11 is 0. The van der Waals surface area contributed by atoms with Crippen molar-refractivity contribution in [2.45, 2.75) is 58.8 Å². The molecule has 256 valence electrons. The number of benzene rings is 2. The highest BCUT2D eigenvalue weighted by atomic mass is 16.5. The van der Waals surface area contributed by atoms with E-state index in [-0.39, 0.29) is 11.3 Å². The number of rotatable bonds is 8. The zero-order valence-electron chi connectivity index (χ0n) is 30.1. The normalized spacial score (nSPS) is 9.75. The summed E-state index contributed by atoms with van der Waals surface area (Å²) in [6, 6.07) is 12.8. The van der Waals surface area contributed by atoms with Gasteiger partial charge in [0.25, 0.3) is 0 Å². The van der Waals surface area contributed by atoms with Gasteiger partial charge >= 0.3 is 5.97 Å². The van der Waals surface area contributed by atoms with Crippen LogP contribution in [0.2, 0.25) is 0 Å².